The molecule has 0 amide bonds. The number of hydrogen-bond acceptors (Lipinski definition) is 2. The fourth-order valence-corrected chi connectivity index (χ4v) is 2.51. The molecule has 0 saturated heterocycles. The Balaban J connectivity index is 2.10. The summed E-state index contributed by atoms with van der Waals surface area (Å²) in [6.07, 6.45) is -3.60. The molecule has 1 aliphatic rings. The van der Waals surface area contributed by atoms with Gasteiger partial charge in [0.05, 0.1) is 5.69 Å². The predicted octanol–water partition coefficient (Wildman–Crippen LogP) is 3.41. The Bertz CT molecular complexity index is 635. The van der Waals surface area contributed by atoms with Crippen LogP contribution < -0.4 is 5.32 Å². The van der Waals surface area contributed by atoms with Crippen molar-refractivity contribution >= 4 is 0 Å². The highest BCUT2D eigenvalue weighted by Gasteiger charge is 2.32. The summed E-state index contributed by atoms with van der Waals surface area (Å²) in [7, 11) is 0. The molecule has 20 heavy (non-hydrogen) atoms. The van der Waals surface area contributed by atoms with E-state index in [9.17, 15) is 13.2 Å². The first-order valence-corrected chi connectivity index (χ1v) is 6.42. The number of fused-ring (bicyclic) bond motifs is 1. The van der Waals surface area contributed by atoms with Gasteiger partial charge in [0.25, 0.3) is 0 Å². The summed E-state index contributed by atoms with van der Waals surface area (Å²) in [6, 6.07) is 9.74. The maximum absolute atomic E-state index is 12.8. The zero-order valence-electron chi connectivity index (χ0n) is 10.7. The molecular formula is C15H13F3N2. The Hall–Kier alpha value is -1.88. The van der Waals surface area contributed by atoms with Crippen molar-refractivity contribution in [2.45, 2.75) is 19.1 Å². The van der Waals surface area contributed by atoms with Crippen LogP contribution in [0.4, 0.5) is 13.2 Å². The number of nitrogens with one attached hydrogen (secondary N) is 1. The third-order valence-corrected chi connectivity index (χ3v) is 3.46. The van der Waals surface area contributed by atoms with Crippen molar-refractivity contribution in [1.29, 1.82) is 0 Å². The smallest absolute Gasteiger partial charge is 0.312 e. The van der Waals surface area contributed by atoms with E-state index < -0.39 is 11.9 Å². The molecule has 104 valence electrons. The average Bonchev–Trinajstić information content (AvgIpc) is 2.46. The summed E-state index contributed by atoms with van der Waals surface area (Å²) in [5.74, 6) is 0. The number of rotatable bonds is 1. The molecule has 3 rings (SSSR count). The van der Waals surface area contributed by atoms with Crippen molar-refractivity contribution in [1.82, 2.24) is 10.3 Å². The first kappa shape index (κ1) is 13.1. The lowest BCUT2D eigenvalue weighted by atomic mass is 9.93. The van der Waals surface area contributed by atoms with Crippen LogP contribution >= 0.6 is 0 Å². The molecule has 2 heterocycles. The molecular weight excluding hydrogens is 265 g/mol. The highest BCUT2D eigenvalue weighted by atomic mass is 19.4. The van der Waals surface area contributed by atoms with Gasteiger partial charge in [-0.3, -0.25) is 0 Å². The van der Waals surface area contributed by atoms with E-state index in [0.29, 0.717) is 5.69 Å². The van der Waals surface area contributed by atoms with Gasteiger partial charge in [-0.05, 0) is 36.2 Å². The number of benzene rings is 1. The van der Waals surface area contributed by atoms with Gasteiger partial charge in [0.15, 0.2) is 0 Å². The maximum atomic E-state index is 12.8. The SMILES string of the molecule is FC(F)(F)c1cccc(-c2cccc3c2CCNC3)n1. The fraction of sp³-hybridized carbons (Fsp3) is 0.267. The standard InChI is InChI=1S/C15H13F3N2/c16-15(17,18)14-6-2-5-13(20-14)12-4-1-3-10-9-19-8-7-11(10)12/h1-6,19H,7-9H2. The van der Waals surface area contributed by atoms with Crippen LogP contribution in [0.5, 0.6) is 0 Å². The van der Waals surface area contributed by atoms with E-state index in [0.717, 1.165) is 42.3 Å². The number of halogens is 3. The molecule has 1 aliphatic heterocycles. The Morgan fingerprint density at radius 2 is 1.85 bits per heavy atom. The van der Waals surface area contributed by atoms with E-state index in [-0.39, 0.29) is 0 Å². The Morgan fingerprint density at radius 1 is 1.05 bits per heavy atom. The zero-order chi connectivity index (χ0) is 14.2. The van der Waals surface area contributed by atoms with Crippen molar-refractivity contribution in [2.24, 2.45) is 0 Å². The minimum Gasteiger partial charge on any atom is -0.312 e. The monoisotopic (exact) mass is 278 g/mol. The normalized spacial score (nSPS) is 14.9. The molecule has 0 spiro atoms. The van der Waals surface area contributed by atoms with Gasteiger partial charge in [-0.2, -0.15) is 13.2 Å². The van der Waals surface area contributed by atoms with Crippen LogP contribution in [-0.2, 0) is 19.1 Å². The van der Waals surface area contributed by atoms with Gasteiger partial charge in [0.2, 0.25) is 0 Å². The third kappa shape index (κ3) is 2.41. The molecule has 1 aromatic carbocycles. The van der Waals surface area contributed by atoms with E-state index in [1.54, 1.807) is 6.07 Å². The molecule has 0 unspecified atom stereocenters. The molecule has 0 bridgehead atoms. The first-order valence-electron chi connectivity index (χ1n) is 6.42. The number of aromatic nitrogens is 1. The van der Waals surface area contributed by atoms with Crippen LogP contribution in [0.2, 0.25) is 0 Å². The lowest BCUT2D eigenvalue weighted by Crippen LogP contribution is -2.24. The van der Waals surface area contributed by atoms with Crippen LogP contribution in [0.3, 0.4) is 0 Å². The van der Waals surface area contributed by atoms with E-state index in [1.165, 1.54) is 6.07 Å². The molecule has 0 radical (unpaired) electrons. The number of alkyl halides is 3. The molecule has 1 N–H and O–H groups in total. The third-order valence-electron chi connectivity index (χ3n) is 3.46. The topological polar surface area (TPSA) is 24.9 Å². The van der Waals surface area contributed by atoms with Crippen molar-refractivity contribution in [3.05, 3.63) is 53.2 Å². The van der Waals surface area contributed by atoms with E-state index in [4.69, 9.17) is 0 Å². The molecule has 0 fully saturated rings. The molecule has 0 atom stereocenters. The molecule has 0 saturated carbocycles. The molecule has 2 nitrogen and oxygen atoms in total. The van der Waals surface area contributed by atoms with Crippen LogP contribution in [0, 0.1) is 0 Å². The summed E-state index contributed by atoms with van der Waals surface area (Å²) < 4.78 is 38.3. The number of nitrogens with zero attached hydrogens (tertiary/aromatic N) is 1. The minimum atomic E-state index is -4.41. The van der Waals surface area contributed by atoms with Crippen LogP contribution in [0.1, 0.15) is 16.8 Å². The lowest BCUT2D eigenvalue weighted by Gasteiger charge is -2.20. The quantitative estimate of drug-likeness (QED) is 0.864. The van der Waals surface area contributed by atoms with Crippen molar-refractivity contribution < 1.29 is 13.2 Å². The number of hydrogen-bond donors (Lipinski definition) is 1. The van der Waals surface area contributed by atoms with Crippen molar-refractivity contribution in [3.63, 3.8) is 0 Å². The first-order chi connectivity index (χ1) is 9.55. The van der Waals surface area contributed by atoms with Gasteiger partial charge in [0, 0.05) is 12.1 Å². The summed E-state index contributed by atoms with van der Waals surface area (Å²) >= 11 is 0. The second-order valence-corrected chi connectivity index (χ2v) is 4.78. The summed E-state index contributed by atoms with van der Waals surface area (Å²) in [5, 5.41) is 3.25. The Kier molecular flexibility index (Phi) is 3.22. The van der Waals surface area contributed by atoms with Crippen molar-refractivity contribution in [2.75, 3.05) is 6.54 Å². The van der Waals surface area contributed by atoms with E-state index in [2.05, 4.69) is 10.3 Å². The lowest BCUT2D eigenvalue weighted by molar-refractivity contribution is -0.141. The summed E-state index contributed by atoms with van der Waals surface area (Å²) in [6.45, 7) is 1.59. The highest BCUT2D eigenvalue weighted by Crippen LogP contribution is 2.31. The summed E-state index contributed by atoms with van der Waals surface area (Å²) in [4.78, 5) is 3.78. The van der Waals surface area contributed by atoms with Crippen LogP contribution in [-0.4, -0.2) is 11.5 Å². The van der Waals surface area contributed by atoms with Gasteiger partial charge < -0.3 is 5.32 Å². The van der Waals surface area contributed by atoms with Crippen LogP contribution in [0.15, 0.2) is 36.4 Å². The Labute approximate surface area is 114 Å². The molecule has 2 aromatic rings. The van der Waals surface area contributed by atoms with Gasteiger partial charge in [-0.1, -0.05) is 24.3 Å². The van der Waals surface area contributed by atoms with Gasteiger partial charge in [0.1, 0.15) is 5.69 Å². The fourth-order valence-electron chi connectivity index (χ4n) is 2.51. The molecule has 1 aromatic heterocycles. The number of pyridine rings is 1. The minimum absolute atomic E-state index is 0.388. The van der Waals surface area contributed by atoms with Crippen molar-refractivity contribution in [3.8, 4) is 11.3 Å². The second kappa shape index (κ2) is 4.90. The molecule has 5 heteroatoms. The van der Waals surface area contributed by atoms with E-state index in [1.807, 2.05) is 18.2 Å². The second-order valence-electron chi connectivity index (χ2n) is 4.78. The predicted molar refractivity (Wildman–Crippen MR) is 70.1 cm³/mol. The Morgan fingerprint density at radius 3 is 2.65 bits per heavy atom. The summed E-state index contributed by atoms with van der Waals surface area (Å²) in [5.41, 5.74) is 2.57. The largest absolute Gasteiger partial charge is 0.433 e. The highest BCUT2D eigenvalue weighted by molar-refractivity contribution is 5.66. The van der Waals surface area contributed by atoms with Crippen LogP contribution in [0.25, 0.3) is 11.3 Å². The zero-order valence-corrected chi connectivity index (χ0v) is 10.7. The van der Waals surface area contributed by atoms with Gasteiger partial charge in [-0.15, -0.1) is 0 Å². The average molecular weight is 278 g/mol. The van der Waals surface area contributed by atoms with Gasteiger partial charge >= 0.3 is 6.18 Å². The van der Waals surface area contributed by atoms with Gasteiger partial charge in [-0.25, -0.2) is 4.98 Å². The maximum Gasteiger partial charge on any atom is 0.433 e. The molecule has 0 aliphatic carbocycles. The van der Waals surface area contributed by atoms with E-state index >= 15 is 0 Å².